The average molecular weight is 274 g/mol. The van der Waals surface area contributed by atoms with Crippen molar-refractivity contribution in [3.63, 3.8) is 0 Å². The third-order valence-corrected chi connectivity index (χ3v) is 1.95. The molecule has 0 spiro atoms. The lowest BCUT2D eigenvalue weighted by molar-refractivity contribution is -0.167. The number of hydrogen-bond donors (Lipinski definition) is 0. The molecule has 0 aliphatic heterocycles. The normalized spacial score (nSPS) is 9.58. The molecule has 0 fully saturated rings. The molecular formula is C12H18O7. The highest BCUT2D eigenvalue weighted by atomic mass is 16.7. The SMILES string of the molecule is CC(=O)CCCOC(=O)CCC(=O)OCOC(C)=O. The first kappa shape index (κ1) is 17.1. The number of ether oxygens (including phenoxy) is 3. The summed E-state index contributed by atoms with van der Waals surface area (Å²) >= 11 is 0. The van der Waals surface area contributed by atoms with E-state index in [1.54, 1.807) is 0 Å². The van der Waals surface area contributed by atoms with Gasteiger partial charge in [0.15, 0.2) is 0 Å². The van der Waals surface area contributed by atoms with Gasteiger partial charge in [-0.1, -0.05) is 0 Å². The summed E-state index contributed by atoms with van der Waals surface area (Å²) in [6.45, 7) is 2.34. The van der Waals surface area contributed by atoms with Gasteiger partial charge in [-0.05, 0) is 13.3 Å². The Bertz CT molecular complexity index is 335. The van der Waals surface area contributed by atoms with Crippen molar-refractivity contribution < 1.29 is 33.4 Å². The van der Waals surface area contributed by atoms with E-state index in [9.17, 15) is 19.2 Å². The van der Waals surface area contributed by atoms with Crippen LogP contribution in [-0.4, -0.2) is 37.1 Å². The van der Waals surface area contributed by atoms with Crippen molar-refractivity contribution in [3.05, 3.63) is 0 Å². The van der Waals surface area contributed by atoms with Crippen LogP contribution in [-0.2, 0) is 33.4 Å². The first-order valence-electron chi connectivity index (χ1n) is 5.86. The van der Waals surface area contributed by atoms with E-state index in [0.29, 0.717) is 12.8 Å². The Labute approximate surface area is 111 Å². The molecule has 0 aromatic carbocycles. The van der Waals surface area contributed by atoms with Gasteiger partial charge in [0.1, 0.15) is 5.78 Å². The van der Waals surface area contributed by atoms with Crippen LogP contribution in [0.3, 0.4) is 0 Å². The summed E-state index contributed by atoms with van der Waals surface area (Å²) in [5.74, 6) is -1.71. The monoisotopic (exact) mass is 274 g/mol. The first-order valence-corrected chi connectivity index (χ1v) is 5.86. The van der Waals surface area contributed by atoms with E-state index in [2.05, 4.69) is 9.47 Å². The van der Waals surface area contributed by atoms with Crippen LogP contribution in [0, 0.1) is 0 Å². The van der Waals surface area contributed by atoms with Crippen LogP contribution in [0.15, 0.2) is 0 Å². The van der Waals surface area contributed by atoms with Crippen molar-refractivity contribution in [2.24, 2.45) is 0 Å². The van der Waals surface area contributed by atoms with Crippen LogP contribution >= 0.6 is 0 Å². The molecule has 0 rings (SSSR count). The summed E-state index contributed by atoms with van der Waals surface area (Å²) in [4.78, 5) is 43.2. The summed E-state index contributed by atoms with van der Waals surface area (Å²) in [6.07, 6.45) is 0.571. The Morgan fingerprint density at radius 1 is 0.789 bits per heavy atom. The molecule has 0 unspecified atom stereocenters. The maximum Gasteiger partial charge on any atom is 0.309 e. The second-order valence-corrected chi connectivity index (χ2v) is 3.80. The van der Waals surface area contributed by atoms with Gasteiger partial charge in [0.25, 0.3) is 0 Å². The van der Waals surface area contributed by atoms with Crippen molar-refractivity contribution in [1.82, 2.24) is 0 Å². The maximum absolute atomic E-state index is 11.2. The molecule has 19 heavy (non-hydrogen) atoms. The molecule has 7 heteroatoms. The third kappa shape index (κ3) is 12.3. The fourth-order valence-electron chi connectivity index (χ4n) is 1.03. The standard InChI is InChI=1S/C12H18O7/c1-9(13)4-3-7-17-11(15)5-6-12(16)19-8-18-10(2)14/h3-8H2,1-2H3. The molecule has 0 aliphatic carbocycles. The zero-order valence-electron chi connectivity index (χ0n) is 11.1. The van der Waals surface area contributed by atoms with Crippen LogP contribution in [0.25, 0.3) is 0 Å². The van der Waals surface area contributed by atoms with Crippen LogP contribution in [0.2, 0.25) is 0 Å². The molecule has 0 aromatic rings. The predicted molar refractivity (Wildman–Crippen MR) is 62.8 cm³/mol. The van der Waals surface area contributed by atoms with Crippen LogP contribution in [0.1, 0.15) is 39.5 Å². The predicted octanol–water partition coefficient (Wildman–Crippen LogP) is 0.743. The van der Waals surface area contributed by atoms with Crippen molar-refractivity contribution in [2.75, 3.05) is 13.4 Å². The number of rotatable bonds is 9. The lowest BCUT2D eigenvalue weighted by Crippen LogP contribution is -2.13. The third-order valence-electron chi connectivity index (χ3n) is 1.95. The average Bonchev–Trinajstić information content (AvgIpc) is 2.31. The molecule has 0 aliphatic rings. The molecule has 0 N–H and O–H groups in total. The molecular weight excluding hydrogens is 256 g/mol. The zero-order valence-corrected chi connectivity index (χ0v) is 11.1. The van der Waals surface area contributed by atoms with Gasteiger partial charge in [-0.25, -0.2) is 0 Å². The zero-order chi connectivity index (χ0) is 14.7. The van der Waals surface area contributed by atoms with Gasteiger partial charge in [-0.2, -0.15) is 0 Å². The van der Waals surface area contributed by atoms with Crippen LogP contribution in [0.5, 0.6) is 0 Å². The van der Waals surface area contributed by atoms with Crippen molar-refractivity contribution in [3.8, 4) is 0 Å². The van der Waals surface area contributed by atoms with Gasteiger partial charge in [-0.15, -0.1) is 0 Å². The van der Waals surface area contributed by atoms with Crippen LogP contribution < -0.4 is 0 Å². The summed E-state index contributed by atoms with van der Waals surface area (Å²) in [5, 5.41) is 0. The van der Waals surface area contributed by atoms with Gasteiger partial charge in [-0.3, -0.25) is 14.4 Å². The van der Waals surface area contributed by atoms with Gasteiger partial charge in [0.2, 0.25) is 6.79 Å². The minimum atomic E-state index is -0.651. The van der Waals surface area contributed by atoms with Gasteiger partial charge < -0.3 is 19.0 Å². The molecule has 108 valence electrons. The van der Waals surface area contributed by atoms with Crippen molar-refractivity contribution in [2.45, 2.75) is 39.5 Å². The number of carbonyl (C=O) groups is 4. The Balaban J connectivity index is 3.53. The van der Waals surface area contributed by atoms with Gasteiger partial charge in [0.05, 0.1) is 19.4 Å². The molecule has 0 atom stereocenters. The smallest absolute Gasteiger partial charge is 0.309 e. The number of hydrogen-bond acceptors (Lipinski definition) is 7. The van der Waals surface area contributed by atoms with Crippen LogP contribution in [0.4, 0.5) is 0 Å². The highest BCUT2D eigenvalue weighted by molar-refractivity contribution is 5.78. The first-order chi connectivity index (χ1) is 8.91. The van der Waals surface area contributed by atoms with E-state index < -0.39 is 24.7 Å². The Morgan fingerprint density at radius 2 is 1.37 bits per heavy atom. The Kier molecular flexibility index (Phi) is 9.03. The summed E-state index contributed by atoms with van der Waals surface area (Å²) in [7, 11) is 0. The molecule has 7 nitrogen and oxygen atoms in total. The van der Waals surface area contributed by atoms with Crippen molar-refractivity contribution >= 4 is 23.7 Å². The number of carbonyl (C=O) groups excluding carboxylic acids is 4. The highest BCUT2D eigenvalue weighted by Gasteiger charge is 2.09. The van der Waals surface area contributed by atoms with E-state index in [1.807, 2.05) is 0 Å². The highest BCUT2D eigenvalue weighted by Crippen LogP contribution is 1.98. The maximum atomic E-state index is 11.2. The minimum Gasteiger partial charge on any atom is -0.466 e. The molecule has 0 amide bonds. The molecule has 0 heterocycles. The second kappa shape index (κ2) is 10.0. The fourth-order valence-corrected chi connectivity index (χ4v) is 1.03. The summed E-state index contributed by atoms with van der Waals surface area (Å²) < 4.78 is 13.7. The van der Waals surface area contributed by atoms with Gasteiger partial charge >= 0.3 is 17.9 Å². The van der Waals surface area contributed by atoms with E-state index in [1.165, 1.54) is 13.8 Å². The Hall–Kier alpha value is -1.92. The minimum absolute atomic E-state index is 0.0325. The lowest BCUT2D eigenvalue weighted by atomic mass is 10.2. The summed E-state index contributed by atoms with van der Waals surface area (Å²) in [5.41, 5.74) is 0. The largest absolute Gasteiger partial charge is 0.466 e. The van der Waals surface area contributed by atoms with Crippen molar-refractivity contribution in [1.29, 1.82) is 0 Å². The topological polar surface area (TPSA) is 96.0 Å². The lowest BCUT2D eigenvalue weighted by Gasteiger charge is -2.05. The number of Topliss-reactive ketones (excluding diaryl/α,β-unsaturated/α-hetero) is 1. The molecule has 0 aromatic heterocycles. The number of ketones is 1. The Morgan fingerprint density at radius 3 is 1.89 bits per heavy atom. The molecule has 0 radical (unpaired) electrons. The second-order valence-electron chi connectivity index (χ2n) is 3.80. The number of esters is 3. The van der Waals surface area contributed by atoms with Gasteiger partial charge in [0, 0.05) is 13.3 Å². The van der Waals surface area contributed by atoms with E-state index in [4.69, 9.17) is 4.74 Å². The molecule has 0 bridgehead atoms. The summed E-state index contributed by atoms with van der Waals surface area (Å²) in [6, 6.07) is 0. The van der Waals surface area contributed by atoms with E-state index >= 15 is 0 Å². The molecule has 0 saturated carbocycles. The molecule has 0 saturated heterocycles. The quantitative estimate of drug-likeness (QED) is 0.347. The fraction of sp³-hybridized carbons (Fsp3) is 0.667. The van der Waals surface area contributed by atoms with E-state index in [0.717, 1.165) is 0 Å². The van der Waals surface area contributed by atoms with E-state index in [-0.39, 0.29) is 25.2 Å².